The van der Waals surface area contributed by atoms with Crippen LogP contribution >= 0.6 is 0 Å². The van der Waals surface area contributed by atoms with E-state index in [4.69, 9.17) is 26.0 Å². The van der Waals surface area contributed by atoms with Crippen LogP contribution in [0.1, 0.15) is 118 Å². The zero-order chi connectivity index (χ0) is 62.7. The minimum atomic E-state index is -1.27. The average molecular weight is 1180 g/mol. The van der Waals surface area contributed by atoms with Gasteiger partial charge in [0.2, 0.25) is 0 Å². The van der Waals surface area contributed by atoms with Gasteiger partial charge in [0.05, 0.1) is 86.5 Å². The summed E-state index contributed by atoms with van der Waals surface area (Å²) in [5, 5.41) is 135. The molecule has 0 aromatic heterocycles. The summed E-state index contributed by atoms with van der Waals surface area (Å²) in [6, 6.07) is 0. The zero-order valence-corrected chi connectivity index (χ0v) is 49.8. The Balaban J connectivity index is 2.43. The van der Waals surface area contributed by atoms with Crippen molar-refractivity contribution in [2.24, 2.45) is 34.2 Å². The van der Waals surface area contributed by atoms with Crippen molar-refractivity contribution >= 4 is 11.9 Å². The summed E-state index contributed by atoms with van der Waals surface area (Å²) in [4.78, 5) is 14.6. The Morgan fingerprint density at radius 3 is 1.54 bits per heavy atom. The van der Waals surface area contributed by atoms with Gasteiger partial charge in [-0.05, 0) is 71.1 Å². The van der Waals surface area contributed by atoms with E-state index in [2.05, 4.69) is 4.99 Å². The molecule has 0 amide bonds. The number of carboxylic acid groups (broad SMARTS) is 1. The zero-order valence-electron chi connectivity index (χ0n) is 49.8. The maximum absolute atomic E-state index is 11.1. The molecule has 0 radical (unpaired) electrons. The highest BCUT2D eigenvalue weighted by atomic mass is 16.7. The van der Waals surface area contributed by atoms with Gasteiger partial charge in [-0.3, -0.25) is 4.99 Å². The van der Waals surface area contributed by atoms with Gasteiger partial charge in [0.15, 0.2) is 11.7 Å². The van der Waals surface area contributed by atoms with Crippen molar-refractivity contribution in [1.29, 1.82) is 0 Å². The third kappa shape index (κ3) is 38.0. The fourth-order valence-corrected chi connectivity index (χ4v) is 8.83. The Kier molecular flexibility index (Phi) is 42.1. The second kappa shape index (κ2) is 46.1. The Labute approximate surface area is 498 Å². The number of hydrogen-bond donors (Lipinski definition) is 15. The number of nitrogens with two attached hydrogens (primary N) is 2. The highest BCUT2D eigenvalue weighted by Gasteiger charge is 2.46. The van der Waals surface area contributed by atoms with Gasteiger partial charge in [-0.25, -0.2) is 4.79 Å². The van der Waals surface area contributed by atoms with Gasteiger partial charge in [-0.15, -0.1) is 0 Å². The van der Waals surface area contributed by atoms with Crippen LogP contribution in [0.25, 0.3) is 0 Å². The van der Waals surface area contributed by atoms with Crippen molar-refractivity contribution in [3.8, 4) is 0 Å². The Morgan fingerprint density at radius 1 is 0.524 bits per heavy atom. The number of carboxylic acids is 1. The number of carbonyl (C=O) groups is 1. The van der Waals surface area contributed by atoms with Gasteiger partial charge in [-0.2, -0.15) is 0 Å². The van der Waals surface area contributed by atoms with Crippen molar-refractivity contribution in [3.05, 3.63) is 157 Å². The number of rotatable bonds is 45. The van der Waals surface area contributed by atoms with E-state index in [9.17, 15) is 66.1 Å². The maximum Gasteiger partial charge on any atom is 0.331 e. The number of aliphatic carboxylic acids is 1. The molecule has 1 saturated heterocycles. The molecule has 1 aliphatic heterocycles. The summed E-state index contributed by atoms with van der Waals surface area (Å²) >= 11 is 0. The van der Waals surface area contributed by atoms with E-state index in [-0.39, 0.29) is 94.4 Å². The predicted molar refractivity (Wildman–Crippen MR) is 331 cm³/mol. The molecule has 0 aliphatic carbocycles. The monoisotopic (exact) mass is 1180 g/mol. The van der Waals surface area contributed by atoms with E-state index in [1.807, 2.05) is 85.9 Å². The normalized spacial score (nSPS) is 20.5. The van der Waals surface area contributed by atoms with Gasteiger partial charge < -0.3 is 87.3 Å². The first-order chi connectivity index (χ1) is 40.0. The van der Waals surface area contributed by atoms with Crippen LogP contribution in [0.3, 0.4) is 0 Å². The number of aliphatic hydroxyl groups is 12. The second-order valence-electron chi connectivity index (χ2n) is 21.6. The molecule has 19 nitrogen and oxygen atoms in total. The van der Waals surface area contributed by atoms with E-state index in [1.165, 1.54) is 37.3 Å². The first-order valence-electron chi connectivity index (χ1n) is 29.4. The van der Waals surface area contributed by atoms with Crippen LogP contribution in [-0.2, 0) is 14.3 Å². The van der Waals surface area contributed by atoms with Crippen LogP contribution in [0, 0.1) is 17.8 Å². The Morgan fingerprint density at radius 2 is 0.988 bits per heavy atom. The van der Waals surface area contributed by atoms with E-state index in [0.29, 0.717) is 25.8 Å². The average Bonchev–Trinajstić information content (AvgIpc) is 3.00. The lowest BCUT2D eigenvalue weighted by molar-refractivity contribution is -0.227. The van der Waals surface area contributed by atoms with E-state index >= 15 is 0 Å². The number of guanidine groups is 1. The molecule has 0 saturated carbocycles. The third-order valence-corrected chi connectivity index (χ3v) is 13.9. The number of hydrogen-bond acceptors (Lipinski definition) is 16. The number of allylic oxidation sites excluding steroid dienone is 16. The minimum absolute atomic E-state index is 0.00176. The summed E-state index contributed by atoms with van der Waals surface area (Å²) in [5.41, 5.74) is 10.8. The van der Waals surface area contributed by atoms with Gasteiger partial charge in [0.25, 0.3) is 0 Å². The number of unbranched alkanes of at least 4 members (excludes halogenated alkanes) is 1. The van der Waals surface area contributed by atoms with Crippen LogP contribution in [-0.4, -0.2) is 177 Å². The van der Waals surface area contributed by atoms with Crippen molar-refractivity contribution in [3.63, 3.8) is 0 Å². The molecule has 15 atom stereocenters. The van der Waals surface area contributed by atoms with Gasteiger partial charge in [-0.1, -0.05) is 173 Å². The molecule has 1 heterocycles. The minimum Gasteiger partial charge on any atom is -0.478 e. The molecule has 0 spiro atoms. The highest BCUT2D eigenvalue weighted by Crippen LogP contribution is 2.36. The largest absolute Gasteiger partial charge is 0.478 e. The third-order valence-electron chi connectivity index (χ3n) is 13.9. The Hall–Kier alpha value is -5.20. The standard InChI is InChI=1S/C65H103N3O16/c1-47(27-19-15-11-10-12-16-20-28-48(2)63(81)82)62(80)49(3)60(78)36-21-17-13-8-6-5-7-9-14-18-22-37-61(79)50(4)65(83-39-40-84-65)46-59(77)45-56(74)34-25-33-55(73)44-58(76)43-54(72)32-24-31-52(70)41-51(69)29-23-30-53(71)42-57(75)35-26-38-68-64(66)67/h5-10,12-14,16-25,27-29,32,34,36,47,49-62,69-80H,11,15,26,30-31,33,35,37-46H2,1-4H3,(H,81,82)(H4,66,67,68)/b7-5+,8-6+,12-10+,14-9+,17-13+,20-16+,22-18+,27-19+,29-23+,32-24+,34-25+,36-21+,48-28+. The molecule has 17 N–H and O–H groups in total. The highest BCUT2D eigenvalue weighted by molar-refractivity contribution is 5.86. The lowest BCUT2D eigenvalue weighted by Crippen LogP contribution is -2.46. The molecule has 1 rings (SSSR count). The SMILES string of the molecule is C\C(=C/C=C/C=C/CC/C=C/C(C)C(O)C(C)C(O)/C=C/C=C/C=C/C=C/C=C/C=C/CC(O)C(C)C1(CC(O)CC(O)/C=C/CC(O)CC(O)CC(O)/C=C/CC(O)CC(O)/C=C/CC(O)CC(O)CCCN=C(N)N)OCCO1)C(=O)O. The molecular weight excluding hydrogens is 1080 g/mol. The van der Waals surface area contributed by atoms with Crippen LogP contribution < -0.4 is 11.5 Å². The molecule has 1 aliphatic rings. The maximum atomic E-state index is 11.1. The first kappa shape index (κ1) is 76.8. The molecular formula is C65H103N3O16. The van der Waals surface area contributed by atoms with Crippen LogP contribution in [0.15, 0.2) is 162 Å². The van der Waals surface area contributed by atoms with Gasteiger partial charge in [0, 0.05) is 55.6 Å². The summed E-state index contributed by atoms with van der Waals surface area (Å²) in [6.07, 6.45) is 35.6. The van der Waals surface area contributed by atoms with Crippen molar-refractivity contribution in [2.45, 2.75) is 197 Å². The quantitative estimate of drug-likeness (QED) is 0.00905. The molecule has 0 aromatic rings. The van der Waals surface area contributed by atoms with Crippen LogP contribution in [0.2, 0.25) is 0 Å². The van der Waals surface area contributed by atoms with Crippen molar-refractivity contribution in [2.75, 3.05) is 19.8 Å². The molecule has 15 unspecified atom stereocenters. The molecule has 19 heteroatoms. The number of ether oxygens (including phenoxy) is 2. The smallest absolute Gasteiger partial charge is 0.331 e. The molecule has 474 valence electrons. The summed E-state index contributed by atoms with van der Waals surface area (Å²) in [7, 11) is 0. The fraction of sp³-hybridized carbons (Fsp3) is 0.569. The lowest BCUT2D eigenvalue weighted by Gasteiger charge is -2.37. The van der Waals surface area contributed by atoms with Gasteiger partial charge >= 0.3 is 5.97 Å². The van der Waals surface area contributed by atoms with Crippen molar-refractivity contribution in [1.82, 2.24) is 0 Å². The summed E-state index contributed by atoms with van der Waals surface area (Å²) in [5.74, 6) is -3.30. The fourth-order valence-electron chi connectivity index (χ4n) is 8.83. The molecule has 1 fully saturated rings. The van der Waals surface area contributed by atoms with Crippen LogP contribution in [0.5, 0.6) is 0 Å². The summed E-state index contributed by atoms with van der Waals surface area (Å²) in [6.45, 7) is 7.98. The predicted octanol–water partition coefficient (Wildman–Crippen LogP) is 5.41. The summed E-state index contributed by atoms with van der Waals surface area (Å²) < 4.78 is 11.9. The molecule has 84 heavy (non-hydrogen) atoms. The van der Waals surface area contributed by atoms with Crippen LogP contribution in [0.4, 0.5) is 0 Å². The topological polar surface area (TPSA) is 363 Å². The van der Waals surface area contributed by atoms with Gasteiger partial charge in [0.1, 0.15) is 0 Å². The van der Waals surface area contributed by atoms with Crippen molar-refractivity contribution < 1.29 is 80.7 Å². The van der Waals surface area contributed by atoms with E-state index < -0.39 is 90.9 Å². The molecule has 0 aromatic carbocycles. The first-order valence-corrected chi connectivity index (χ1v) is 29.4. The van der Waals surface area contributed by atoms with E-state index in [0.717, 1.165) is 12.8 Å². The number of aliphatic imine (C=N–C) groups is 1. The number of aliphatic hydroxyl groups excluding tert-OH is 12. The van der Waals surface area contributed by atoms with E-state index in [1.54, 1.807) is 56.4 Å². The lowest BCUT2D eigenvalue weighted by atomic mass is 9.87. The second-order valence-corrected chi connectivity index (χ2v) is 21.6. The molecule has 0 bridgehead atoms. The Bertz CT molecular complexity index is 2200. The number of nitrogens with zero attached hydrogens (tertiary/aromatic N) is 1.